The van der Waals surface area contributed by atoms with Crippen molar-refractivity contribution in [2.75, 3.05) is 39.3 Å². The highest BCUT2D eigenvalue weighted by atomic mass is 15.3. The second-order valence-corrected chi connectivity index (χ2v) is 9.03. The first-order valence-electron chi connectivity index (χ1n) is 11.7. The molecule has 3 rings (SSSR count). The van der Waals surface area contributed by atoms with Crippen molar-refractivity contribution >= 4 is 0 Å². The topological polar surface area (TPSA) is 18.5 Å². The van der Waals surface area contributed by atoms with Crippen LogP contribution in [0.2, 0.25) is 0 Å². The summed E-state index contributed by atoms with van der Waals surface area (Å²) in [5.74, 6) is 0.986. The van der Waals surface area contributed by atoms with E-state index in [1.807, 2.05) is 0 Å². The number of allylic oxidation sites excluding steroid dienone is 1. The maximum atomic E-state index is 3.71. The standard InChI is InChI=1S/C23H43N3/c1-2-14-25-15-17-26(18-16-25)23-11-5-3-4-10-22(20-24-13-12-23)19-21-8-6-7-9-21/h20-21,23-24H,2-19H2,1H3/b22-20+/t23-/m0/s1. The first-order chi connectivity index (χ1) is 12.8. The zero-order valence-corrected chi connectivity index (χ0v) is 17.4. The lowest BCUT2D eigenvalue weighted by Crippen LogP contribution is -2.50. The second kappa shape index (κ2) is 11.3. The maximum Gasteiger partial charge on any atom is 0.0156 e. The first-order valence-corrected chi connectivity index (χ1v) is 11.7. The van der Waals surface area contributed by atoms with E-state index in [1.54, 1.807) is 5.57 Å². The SMILES string of the molecule is CCCN1CCN([C@H]2CCCCC/C(CC3CCCC3)=C\NCC2)CC1. The third-order valence-corrected chi connectivity index (χ3v) is 6.95. The largest absolute Gasteiger partial charge is 0.391 e. The quantitative estimate of drug-likeness (QED) is 0.759. The van der Waals surface area contributed by atoms with Gasteiger partial charge < -0.3 is 10.2 Å². The number of hydrogen-bond donors (Lipinski definition) is 1. The van der Waals surface area contributed by atoms with Crippen LogP contribution >= 0.6 is 0 Å². The predicted molar refractivity (Wildman–Crippen MR) is 112 cm³/mol. The van der Waals surface area contributed by atoms with E-state index in [1.165, 1.54) is 110 Å². The molecule has 3 aliphatic rings. The highest BCUT2D eigenvalue weighted by Crippen LogP contribution is 2.31. The smallest absolute Gasteiger partial charge is 0.0156 e. The van der Waals surface area contributed by atoms with Gasteiger partial charge in [-0.25, -0.2) is 0 Å². The molecule has 0 spiro atoms. The fourth-order valence-corrected chi connectivity index (χ4v) is 5.37. The summed E-state index contributed by atoms with van der Waals surface area (Å²) in [4.78, 5) is 5.45. The lowest BCUT2D eigenvalue weighted by molar-refractivity contribution is 0.0874. The van der Waals surface area contributed by atoms with Gasteiger partial charge >= 0.3 is 0 Å². The molecule has 150 valence electrons. The van der Waals surface area contributed by atoms with Gasteiger partial charge in [-0.1, -0.05) is 51.0 Å². The van der Waals surface area contributed by atoms with Gasteiger partial charge in [0.1, 0.15) is 0 Å². The molecule has 2 heterocycles. The van der Waals surface area contributed by atoms with E-state index in [0.717, 1.165) is 18.5 Å². The number of rotatable bonds is 5. The van der Waals surface area contributed by atoms with Crippen molar-refractivity contribution in [2.24, 2.45) is 5.92 Å². The molecule has 1 aliphatic carbocycles. The van der Waals surface area contributed by atoms with Crippen molar-refractivity contribution in [3.8, 4) is 0 Å². The molecule has 3 heteroatoms. The molecular weight excluding hydrogens is 318 g/mol. The van der Waals surface area contributed by atoms with Crippen LogP contribution in [0.1, 0.15) is 84.0 Å². The van der Waals surface area contributed by atoms with E-state index in [-0.39, 0.29) is 0 Å². The Labute approximate surface area is 162 Å². The van der Waals surface area contributed by atoms with Crippen LogP contribution in [0, 0.1) is 5.92 Å². The van der Waals surface area contributed by atoms with Crippen molar-refractivity contribution in [2.45, 2.75) is 90.0 Å². The van der Waals surface area contributed by atoms with E-state index in [0.29, 0.717) is 0 Å². The summed E-state index contributed by atoms with van der Waals surface area (Å²) in [6.07, 6.45) is 19.3. The number of nitrogens with zero attached hydrogens (tertiary/aromatic N) is 2. The third kappa shape index (κ3) is 6.56. The van der Waals surface area contributed by atoms with Crippen LogP contribution in [-0.2, 0) is 0 Å². The second-order valence-electron chi connectivity index (χ2n) is 9.03. The summed E-state index contributed by atoms with van der Waals surface area (Å²) in [7, 11) is 0. The first kappa shape index (κ1) is 20.2. The summed E-state index contributed by atoms with van der Waals surface area (Å²) in [5, 5.41) is 3.71. The van der Waals surface area contributed by atoms with E-state index < -0.39 is 0 Å². The minimum absolute atomic E-state index is 0.802. The molecule has 2 fully saturated rings. The molecule has 1 saturated carbocycles. The van der Waals surface area contributed by atoms with Crippen LogP contribution in [0.5, 0.6) is 0 Å². The van der Waals surface area contributed by atoms with Gasteiger partial charge in [0.2, 0.25) is 0 Å². The Balaban J connectivity index is 1.45. The summed E-state index contributed by atoms with van der Waals surface area (Å²) in [5.41, 5.74) is 1.71. The number of piperazine rings is 1. The van der Waals surface area contributed by atoms with Crippen molar-refractivity contribution < 1.29 is 0 Å². The highest BCUT2D eigenvalue weighted by Gasteiger charge is 2.23. The van der Waals surface area contributed by atoms with Gasteiger partial charge in [0.05, 0.1) is 0 Å². The van der Waals surface area contributed by atoms with Gasteiger partial charge in [-0.3, -0.25) is 4.90 Å². The molecule has 0 aromatic rings. The van der Waals surface area contributed by atoms with Crippen molar-refractivity contribution in [3.63, 3.8) is 0 Å². The molecule has 0 unspecified atom stereocenters. The predicted octanol–water partition coefficient (Wildman–Crippen LogP) is 4.79. The average molecular weight is 362 g/mol. The fourth-order valence-electron chi connectivity index (χ4n) is 5.37. The molecule has 1 N–H and O–H groups in total. The Kier molecular flexibility index (Phi) is 8.81. The Hall–Kier alpha value is -0.540. The molecule has 0 amide bonds. The van der Waals surface area contributed by atoms with Crippen LogP contribution in [0.4, 0.5) is 0 Å². The Morgan fingerprint density at radius 1 is 0.923 bits per heavy atom. The molecule has 0 radical (unpaired) electrons. The van der Waals surface area contributed by atoms with E-state index in [9.17, 15) is 0 Å². The zero-order chi connectivity index (χ0) is 18.0. The maximum absolute atomic E-state index is 3.71. The van der Waals surface area contributed by atoms with E-state index in [2.05, 4.69) is 28.2 Å². The van der Waals surface area contributed by atoms with Crippen LogP contribution in [0.25, 0.3) is 0 Å². The third-order valence-electron chi connectivity index (χ3n) is 6.95. The van der Waals surface area contributed by atoms with Crippen LogP contribution in [0.3, 0.4) is 0 Å². The molecule has 1 atom stereocenters. The summed E-state index contributed by atoms with van der Waals surface area (Å²) < 4.78 is 0. The minimum atomic E-state index is 0.802. The van der Waals surface area contributed by atoms with Gasteiger partial charge in [0, 0.05) is 38.8 Å². The molecule has 26 heavy (non-hydrogen) atoms. The van der Waals surface area contributed by atoms with Crippen molar-refractivity contribution in [3.05, 3.63) is 11.8 Å². The molecule has 0 aromatic carbocycles. The van der Waals surface area contributed by atoms with Crippen molar-refractivity contribution in [1.29, 1.82) is 0 Å². The molecule has 0 bridgehead atoms. The normalized spacial score (nSPS) is 30.3. The Bertz CT molecular complexity index is 406. The lowest BCUT2D eigenvalue weighted by atomic mass is 9.94. The zero-order valence-electron chi connectivity index (χ0n) is 17.4. The molecule has 2 aliphatic heterocycles. The van der Waals surface area contributed by atoms with Gasteiger partial charge in [0.25, 0.3) is 0 Å². The highest BCUT2D eigenvalue weighted by molar-refractivity contribution is 5.03. The lowest BCUT2D eigenvalue weighted by Gasteiger charge is -2.39. The number of nitrogens with one attached hydrogen (secondary N) is 1. The minimum Gasteiger partial charge on any atom is -0.391 e. The van der Waals surface area contributed by atoms with Crippen LogP contribution in [0.15, 0.2) is 11.8 Å². The molecule has 0 aromatic heterocycles. The Morgan fingerprint density at radius 2 is 1.69 bits per heavy atom. The van der Waals surface area contributed by atoms with Gasteiger partial charge in [-0.2, -0.15) is 0 Å². The monoisotopic (exact) mass is 361 g/mol. The molecular formula is C23H43N3. The molecule has 3 nitrogen and oxygen atoms in total. The van der Waals surface area contributed by atoms with Crippen LogP contribution in [-0.4, -0.2) is 55.1 Å². The Morgan fingerprint density at radius 3 is 2.46 bits per heavy atom. The summed E-state index contributed by atoms with van der Waals surface area (Å²) >= 11 is 0. The van der Waals surface area contributed by atoms with Gasteiger partial charge in [-0.05, 0) is 57.2 Å². The van der Waals surface area contributed by atoms with E-state index >= 15 is 0 Å². The molecule has 1 saturated heterocycles. The summed E-state index contributed by atoms with van der Waals surface area (Å²) in [6, 6.07) is 0.802. The van der Waals surface area contributed by atoms with Gasteiger partial charge in [0.15, 0.2) is 0 Å². The number of hydrogen-bond acceptors (Lipinski definition) is 3. The van der Waals surface area contributed by atoms with Gasteiger partial charge in [-0.15, -0.1) is 0 Å². The van der Waals surface area contributed by atoms with Crippen LogP contribution < -0.4 is 5.32 Å². The fraction of sp³-hybridized carbons (Fsp3) is 0.913. The average Bonchev–Trinajstić information content (AvgIpc) is 3.15. The summed E-state index contributed by atoms with van der Waals surface area (Å²) in [6.45, 7) is 9.88. The van der Waals surface area contributed by atoms with E-state index in [4.69, 9.17) is 0 Å². The van der Waals surface area contributed by atoms with Crippen molar-refractivity contribution in [1.82, 2.24) is 15.1 Å².